The first-order valence-electron chi connectivity index (χ1n) is 17.4. The Bertz CT molecular complexity index is 2070. The van der Waals surface area contributed by atoms with E-state index >= 15 is 0 Å². The molecule has 5 N–H and O–H groups in total. The van der Waals surface area contributed by atoms with E-state index in [1.54, 1.807) is 36.4 Å². The Hall–Kier alpha value is -5.57. The van der Waals surface area contributed by atoms with Crippen molar-refractivity contribution in [3.8, 4) is 0 Å². The van der Waals surface area contributed by atoms with E-state index in [4.69, 9.17) is 4.55 Å². The Balaban J connectivity index is 0.000000403. The van der Waals surface area contributed by atoms with Crippen LogP contribution in [-0.2, 0) is 23.2 Å². The second-order valence-electron chi connectivity index (χ2n) is 12.9. The molecule has 2 aliphatic rings. The molecule has 0 bridgehead atoms. The van der Waals surface area contributed by atoms with Gasteiger partial charge in [0.15, 0.2) is 0 Å². The summed E-state index contributed by atoms with van der Waals surface area (Å²) in [5, 5.41) is 7.51. The van der Waals surface area contributed by atoms with E-state index in [0.29, 0.717) is 72.0 Å². The number of imide groups is 2. The van der Waals surface area contributed by atoms with E-state index in [2.05, 4.69) is 10.6 Å². The van der Waals surface area contributed by atoms with Crippen LogP contribution in [0.4, 0.5) is 0 Å². The van der Waals surface area contributed by atoms with Gasteiger partial charge in [-0.2, -0.15) is 8.42 Å². The SMILES string of the molecule is Cc1ccc(S(=O)(=O)O)cc1.O.O=C1c2ccc3c4c(ccc(c24)C(=O)N1CCCNCc1ccccc1)C(=O)N(CCCNCc1ccccc1)C3=O. The minimum absolute atomic E-state index is 0. The smallest absolute Gasteiger partial charge is 0.294 e. The molecule has 2 heterocycles. The first-order chi connectivity index (χ1) is 25.5. The van der Waals surface area contributed by atoms with Gasteiger partial charge >= 0.3 is 0 Å². The average Bonchev–Trinajstić information content (AvgIpc) is 3.16. The van der Waals surface area contributed by atoms with E-state index in [0.717, 1.165) is 5.56 Å². The Labute approximate surface area is 313 Å². The summed E-state index contributed by atoms with van der Waals surface area (Å²) in [7, 11) is -4.02. The summed E-state index contributed by atoms with van der Waals surface area (Å²) >= 11 is 0. The predicted molar refractivity (Wildman–Crippen MR) is 205 cm³/mol. The van der Waals surface area contributed by atoms with Gasteiger partial charge in [-0.15, -0.1) is 0 Å². The lowest BCUT2D eigenvalue weighted by molar-refractivity contribution is 0.0587. The van der Waals surface area contributed by atoms with Gasteiger partial charge in [-0.3, -0.25) is 33.5 Å². The standard InChI is InChI=1S/C34H32N4O4.C7H8O3S.H2O/c39-31-25-13-15-27-30-28(34(42)38(33(27)41)20-8-18-36-22-24-11-5-2-6-12-24)16-14-26(29(25)30)32(40)37(31)19-7-17-35-21-23-9-3-1-4-10-23;1-6-2-4-7(5-3-6)11(8,9)10;/h1-6,9-16,35-36H,7-8,17-22H2;2-5H,1H3,(H,8,9,10);1H2. The van der Waals surface area contributed by atoms with Gasteiger partial charge in [0.1, 0.15) is 0 Å². The fourth-order valence-electron chi connectivity index (χ4n) is 6.47. The molecule has 0 radical (unpaired) electrons. The van der Waals surface area contributed by atoms with Crippen LogP contribution in [0.1, 0.15) is 71.0 Å². The van der Waals surface area contributed by atoms with Crippen LogP contribution in [0.15, 0.2) is 114 Å². The van der Waals surface area contributed by atoms with Crippen LogP contribution in [0.25, 0.3) is 10.8 Å². The van der Waals surface area contributed by atoms with Gasteiger partial charge in [-0.1, -0.05) is 78.4 Å². The molecule has 0 saturated carbocycles. The summed E-state index contributed by atoms with van der Waals surface area (Å²) in [5.41, 5.74) is 4.68. The van der Waals surface area contributed by atoms with E-state index < -0.39 is 33.7 Å². The van der Waals surface area contributed by atoms with Gasteiger partial charge < -0.3 is 16.1 Å². The molecule has 5 aromatic carbocycles. The highest BCUT2D eigenvalue weighted by Gasteiger charge is 2.39. The zero-order valence-corrected chi connectivity index (χ0v) is 30.6. The van der Waals surface area contributed by atoms with Crippen molar-refractivity contribution in [2.75, 3.05) is 26.2 Å². The number of rotatable bonds is 13. The second kappa shape index (κ2) is 17.5. The third-order valence-electron chi connectivity index (χ3n) is 9.20. The second-order valence-corrected chi connectivity index (χ2v) is 14.3. The largest absolute Gasteiger partial charge is 0.412 e. The molecule has 0 unspecified atom stereocenters. The van der Waals surface area contributed by atoms with Gasteiger partial charge in [-0.05, 0) is 80.4 Å². The van der Waals surface area contributed by atoms with Crippen LogP contribution < -0.4 is 10.6 Å². The van der Waals surface area contributed by atoms with Gasteiger partial charge in [0.25, 0.3) is 33.7 Å². The zero-order chi connectivity index (χ0) is 37.5. The number of carbonyl (C=O) groups is 4. The first kappa shape index (κ1) is 39.6. The van der Waals surface area contributed by atoms with Crippen molar-refractivity contribution in [1.82, 2.24) is 20.4 Å². The molecule has 7 rings (SSSR count). The topological polar surface area (TPSA) is 185 Å². The summed E-state index contributed by atoms with van der Waals surface area (Å²) in [5.74, 6) is -1.59. The Morgan fingerprint density at radius 3 is 1.22 bits per heavy atom. The highest BCUT2D eigenvalue weighted by Crippen LogP contribution is 2.37. The monoisotopic (exact) mass is 750 g/mol. The van der Waals surface area contributed by atoms with Crippen LogP contribution in [0, 0.1) is 6.92 Å². The Kier molecular flexibility index (Phi) is 12.8. The number of hydrogen-bond acceptors (Lipinski definition) is 8. The van der Waals surface area contributed by atoms with Gasteiger partial charge in [-0.25, -0.2) is 0 Å². The molecule has 5 aromatic rings. The van der Waals surface area contributed by atoms with Crippen LogP contribution in [0.3, 0.4) is 0 Å². The normalized spacial score (nSPS) is 13.4. The van der Waals surface area contributed by atoms with Crippen LogP contribution in [0.5, 0.6) is 0 Å². The maximum absolute atomic E-state index is 13.5. The molecule has 12 nitrogen and oxygen atoms in total. The van der Waals surface area contributed by atoms with Gasteiger partial charge in [0.05, 0.1) is 4.90 Å². The molecule has 0 saturated heterocycles. The molecule has 2 aliphatic heterocycles. The molecule has 0 fully saturated rings. The van der Waals surface area contributed by atoms with E-state index in [-0.39, 0.29) is 23.5 Å². The van der Waals surface area contributed by atoms with Gasteiger partial charge in [0.2, 0.25) is 0 Å². The van der Waals surface area contributed by atoms with Crippen LogP contribution in [0.2, 0.25) is 0 Å². The van der Waals surface area contributed by atoms with E-state index in [1.807, 2.05) is 67.6 Å². The molecular weight excluding hydrogens is 709 g/mol. The molecule has 4 amide bonds. The number of hydrogen-bond donors (Lipinski definition) is 3. The predicted octanol–water partition coefficient (Wildman–Crippen LogP) is 4.81. The van der Waals surface area contributed by atoms with Crippen molar-refractivity contribution in [2.24, 2.45) is 0 Å². The minimum atomic E-state index is -4.02. The van der Waals surface area contributed by atoms with E-state index in [9.17, 15) is 27.6 Å². The van der Waals surface area contributed by atoms with Crippen molar-refractivity contribution in [3.63, 3.8) is 0 Å². The van der Waals surface area contributed by atoms with Crippen molar-refractivity contribution in [2.45, 2.75) is 37.8 Å². The Morgan fingerprint density at radius 2 is 0.889 bits per heavy atom. The molecule has 0 spiro atoms. The highest BCUT2D eigenvalue weighted by atomic mass is 32.2. The van der Waals surface area contributed by atoms with Crippen molar-refractivity contribution in [1.29, 1.82) is 0 Å². The lowest BCUT2D eigenvalue weighted by Gasteiger charge is -2.32. The van der Waals surface area contributed by atoms with E-state index in [1.165, 1.54) is 33.1 Å². The fraction of sp³-hybridized carbons (Fsp3) is 0.220. The Morgan fingerprint density at radius 1 is 0.537 bits per heavy atom. The van der Waals surface area contributed by atoms with Gasteiger partial charge in [0, 0.05) is 59.2 Å². The number of nitrogens with one attached hydrogen (secondary N) is 2. The first-order valence-corrected chi connectivity index (χ1v) is 18.8. The number of benzene rings is 5. The number of amides is 4. The fourth-order valence-corrected chi connectivity index (χ4v) is 6.95. The summed E-state index contributed by atoms with van der Waals surface area (Å²) in [4.78, 5) is 56.3. The number of carbonyl (C=O) groups excluding carboxylic acids is 4. The number of aryl methyl sites for hydroxylation is 1. The lowest BCUT2D eigenvalue weighted by Crippen LogP contribution is -2.44. The zero-order valence-electron chi connectivity index (χ0n) is 29.7. The summed E-state index contributed by atoms with van der Waals surface area (Å²) in [6.45, 7) is 5.09. The highest BCUT2D eigenvalue weighted by molar-refractivity contribution is 7.85. The number of nitrogens with zero attached hydrogens (tertiary/aromatic N) is 2. The third-order valence-corrected chi connectivity index (χ3v) is 10.1. The van der Waals surface area contributed by atoms with Crippen molar-refractivity contribution in [3.05, 3.63) is 148 Å². The molecule has 280 valence electrons. The summed E-state index contributed by atoms with van der Waals surface area (Å²) in [6, 6.07) is 32.5. The molecule has 0 atom stereocenters. The molecule has 54 heavy (non-hydrogen) atoms. The summed E-state index contributed by atoms with van der Waals surface area (Å²) < 4.78 is 29.6. The maximum Gasteiger partial charge on any atom is 0.294 e. The quantitative estimate of drug-likeness (QED) is 0.0864. The molecule has 0 aromatic heterocycles. The van der Waals surface area contributed by atoms with Crippen molar-refractivity contribution >= 4 is 44.5 Å². The van der Waals surface area contributed by atoms with Crippen LogP contribution >= 0.6 is 0 Å². The summed E-state index contributed by atoms with van der Waals surface area (Å²) in [6.07, 6.45) is 1.20. The minimum Gasteiger partial charge on any atom is -0.412 e. The maximum atomic E-state index is 13.5. The average molecular weight is 751 g/mol. The lowest BCUT2D eigenvalue weighted by atomic mass is 9.86. The molecular formula is C41H42N4O8S. The van der Waals surface area contributed by atoms with Crippen LogP contribution in [-0.4, -0.2) is 78.1 Å². The molecule has 0 aliphatic carbocycles. The van der Waals surface area contributed by atoms with Crippen molar-refractivity contribution < 1.29 is 37.6 Å². The molecule has 13 heteroatoms. The third kappa shape index (κ3) is 8.79.